The molecule has 0 spiro atoms. The number of rotatable bonds is 36. The van der Waals surface area contributed by atoms with Gasteiger partial charge in [-0.3, -0.25) is 0 Å². The molecule has 0 aromatic carbocycles. The van der Waals surface area contributed by atoms with Crippen molar-refractivity contribution in [1.82, 2.24) is 0 Å². The lowest BCUT2D eigenvalue weighted by Gasteiger charge is -2.15. The minimum Gasteiger partial charge on any atom is -0.0654 e. The standard InChI is InChI=1S/C39H82Si/c1-4-7-10-13-16-19-22-25-28-31-34-37-40(38-35-32-29-26-23-20-17-14-11-8-5-2)39-36-33-30-27-24-21-18-15-12-9-6-3/h40H,4-39H2,1-3H3. The maximum atomic E-state index is 2.32. The van der Waals surface area contributed by atoms with Gasteiger partial charge in [0.05, 0.1) is 0 Å². The van der Waals surface area contributed by atoms with Gasteiger partial charge in [0.1, 0.15) is 0 Å². The van der Waals surface area contributed by atoms with Crippen molar-refractivity contribution in [2.75, 3.05) is 0 Å². The topological polar surface area (TPSA) is 0 Å². The van der Waals surface area contributed by atoms with Crippen molar-refractivity contribution in [3.8, 4) is 0 Å². The molecule has 0 aliphatic rings. The summed E-state index contributed by atoms with van der Waals surface area (Å²) in [4.78, 5) is 0. The first kappa shape index (κ1) is 40.2. The molecular weight excluding hydrogens is 497 g/mol. The van der Waals surface area contributed by atoms with Gasteiger partial charge in [0.15, 0.2) is 0 Å². The van der Waals surface area contributed by atoms with E-state index in [1.54, 1.807) is 37.4 Å². The summed E-state index contributed by atoms with van der Waals surface area (Å²) in [6, 6.07) is 5.02. The highest BCUT2D eigenvalue weighted by atomic mass is 28.3. The molecule has 0 bridgehead atoms. The Labute approximate surface area is 259 Å². The molecule has 0 aromatic rings. The predicted molar refractivity (Wildman–Crippen MR) is 191 cm³/mol. The lowest BCUT2D eigenvalue weighted by molar-refractivity contribution is 0.550. The van der Waals surface area contributed by atoms with Gasteiger partial charge < -0.3 is 0 Å². The van der Waals surface area contributed by atoms with Crippen molar-refractivity contribution in [3.63, 3.8) is 0 Å². The molecule has 0 saturated carbocycles. The third-order valence-electron chi connectivity index (χ3n) is 9.65. The fourth-order valence-corrected chi connectivity index (χ4v) is 10.2. The second-order valence-corrected chi connectivity index (χ2v) is 17.3. The molecule has 0 N–H and O–H groups in total. The predicted octanol–water partition coefficient (Wildman–Crippen LogP) is 15.1. The minimum absolute atomic E-state index is 0.478. The number of hydrogen-bond acceptors (Lipinski definition) is 0. The van der Waals surface area contributed by atoms with Crippen LogP contribution in [0.5, 0.6) is 0 Å². The second-order valence-electron chi connectivity index (χ2n) is 13.8. The van der Waals surface area contributed by atoms with Gasteiger partial charge in [0.2, 0.25) is 0 Å². The van der Waals surface area contributed by atoms with Crippen molar-refractivity contribution in [3.05, 3.63) is 0 Å². The van der Waals surface area contributed by atoms with Gasteiger partial charge in [-0.15, -0.1) is 0 Å². The highest BCUT2D eigenvalue weighted by Crippen LogP contribution is 2.21. The van der Waals surface area contributed by atoms with Crippen LogP contribution in [-0.4, -0.2) is 8.80 Å². The summed E-state index contributed by atoms with van der Waals surface area (Å²) in [7, 11) is -0.478. The molecule has 0 fully saturated rings. The van der Waals surface area contributed by atoms with E-state index in [-0.39, 0.29) is 0 Å². The highest BCUT2D eigenvalue weighted by molar-refractivity contribution is 6.58. The molecule has 40 heavy (non-hydrogen) atoms. The summed E-state index contributed by atoms with van der Waals surface area (Å²) in [6.07, 6.45) is 49.3. The molecule has 0 saturated heterocycles. The van der Waals surface area contributed by atoms with Crippen molar-refractivity contribution >= 4 is 8.80 Å². The molecule has 0 aromatic heterocycles. The van der Waals surface area contributed by atoms with E-state index in [1.807, 2.05) is 0 Å². The summed E-state index contributed by atoms with van der Waals surface area (Å²) in [6.45, 7) is 6.97. The van der Waals surface area contributed by atoms with Crippen LogP contribution >= 0.6 is 0 Å². The summed E-state index contributed by atoms with van der Waals surface area (Å²) in [5.74, 6) is 0. The van der Waals surface area contributed by atoms with Crippen molar-refractivity contribution < 1.29 is 0 Å². The Kier molecular flexibility index (Phi) is 37.4. The van der Waals surface area contributed by atoms with E-state index in [2.05, 4.69) is 20.8 Å². The van der Waals surface area contributed by atoms with Crippen LogP contribution in [0.2, 0.25) is 18.1 Å². The largest absolute Gasteiger partial charge is 0.0654 e. The lowest BCUT2D eigenvalue weighted by atomic mass is 10.1. The average Bonchev–Trinajstić information content (AvgIpc) is 2.97. The molecule has 0 amide bonds. The normalized spacial score (nSPS) is 11.7. The zero-order valence-electron chi connectivity index (χ0n) is 29.0. The van der Waals surface area contributed by atoms with Gasteiger partial charge in [-0.05, 0) is 0 Å². The lowest BCUT2D eigenvalue weighted by Crippen LogP contribution is -2.12. The zero-order chi connectivity index (χ0) is 29.0. The molecule has 0 unspecified atom stereocenters. The van der Waals surface area contributed by atoms with Gasteiger partial charge in [0.25, 0.3) is 0 Å². The first-order chi connectivity index (χ1) is 19.8. The number of unbranched alkanes of at least 4 members (excludes halogenated alkanes) is 30. The maximum absolute atomic E-state index is 2.32. The highest BCUT2D eigenvalue weighted by Gasteiger charge is 2.10. The molecule has 0 rings (SSSR count). The SMILES string of the molecule is CCCCCCCCCCCCC[SiH](CCCCCCCCCCCCC)CCCCCCCCCCCCC. The van der Waals surface area contributed by atoms with Crippen molar-refractivity contribution in [2.24, 2.45) is 0 Å². The van der Waals surface area contributed by atoms with Crippen LogP contribution in [0.3, 0.4) is 0 Å². The van der Waals surface area contributed by atoms with Crippen LogP contribution in [0.25, 0.3) is 0 Å². The van der Waals surface area contributed by atoms with Gasteiger partial charge >= 0.3 is 0 Å². The molecule has 0 radical (unpaired) electrons. The Morgan fingerprint density at radius 2 is 0.350 bits per heavy atom. The molecular formula is C39H82Si. The molecule has 0 aliphatic heterocycles. The van der Waals surface area contributed by atoms with Gasteiger partial charge in [-0.1, -0.05) is 251 Å². The Bertz CT molecular complexity index is 357. The first-order valence-electron chi connectivity index (χ1n) is 19.8. The van der Waals surface area contributed by atoms with E-state index in [0.717, 1.165) is 0 Å². The number of hydrogen-bond donors (Lipinski definition) is 0. The van der Waals surface area contributed by atoms with E-state index in [0.29, 0.717) is 0 Å². The van der Waals surface area contributed by atoms with Crippen LogP contribution in [-0.2, 0) is 0 Å². The summed E-state index contributed by atoms with van der Waals surface area (Å²) >= 11 is 0. The third-order valence-corrected chi connectivity index (χ3v) is 13.3. The van der Waals surface area contributed by atoms with Crippen LogP contribution < -0.4 is 0 Å². The summed E-state index contributed by atoms with van der Waals surface area (Å²) in [5.41, 5.74) is 0. The van der Waals surface area contributed by atoms with Crippen molar-refractivity contribution in [2.45, 2.75) is 251 Å². The van der Waals surface area contributed by atoms with E-state index >= 15 is 0 Å². The fraction of sp³-hybridized carbons (Fsp3) is 1.00. The van der Waals surface area contributed by atoms with Crippen LogP contribution in [0, 0.1) is 0 Å². The molecule has 0 heterocycles. The maximum Gasteiger partial charge on any atom is 0.0367 e. The van der Waals surface area contributed by atoms with E-state index < -0.39 is 8.80 Å². The van der Waals surface area contributed by atoms with Gasteiger partial charge in [0, 0.05) is 8.80 Å². The molecule has 1 heteroatoms. The van der Waals surface area contributed by atoms with Crippen LogP contribution in [0.15, 0.2) is 0 Å². The van der Waals surface area contributed by atoms with E-state index in [1.165, 1.54) is 193 Å². The monoisotopic (exact) mass is 579 g/mol. The average molecular weight is 579 g/mol. The van der Waals surface area contributed by atoms with E-state index in [4.69, 9.17) is 0 Å². The van der Waals surface area contributed by atoms with Crippen LogP contribution in [0.4, 0.5) is 0 Å². The second kappa shape index (κ2) is 37.2. The Balaban J connectivity index is 3.89. The molecule has 0 atom stereocenters. The Hall–Kier alpha value is 0.217. The van der Waals surface area contributed by atoms with Crippen molar-refractivity contribution in [1.29, 1.82) is 0 Å². The Morgan fingerprint density at radius 1 is 0.200 bits per heavy atom. The molecule has 0 aliphatic carbocycles. The fourth-order valence-electron chi connectivity index (χ4n) is 6.72. The quantitative estimate of drug-likeness (QED) is 0.0512. The zero-order valence-corrected chi connectivity index (χ0v) is 30.2. The third kappa shape index (κ3) is 34.4. The smallest absolute Gasteiger partial charge is 0.0367 e. The van der Waals surface area contributed by atoms with Crippen LogP contribution in [0.1, 0.15) is 233 Å². The summed E-state index contributed by atoms with van der Waals surface area (Å²) < 4.78 is 0. The van der Waals surface area contributed by atoms with E-state index in [9.17, 15) is 0 Å². The van der Waals surface area contributed by atoms with Gasteiger partial charge in [-0.25, -0.2) is 0 Å². The minimum atomic E-state index is -0.478. The van der Waals surface area contributed by atoms with Gasteiger partial charge in [-0.2, -0.15) is 0 Å². The molecule has 242 valence electrons. The summed E-state index contributed by atoms with van der Waals surface area (Å²) in [5, 5.41) is 0. The molecule has 0 nitrogen and oxygen atoms in total. The Morgan fingerprint density at radius 3 is 0.525 bits per heavy atom. The first-order valence-corrected chi connectivity index (χ1v) is 22.3.